The Morgan fingerprint density at radius 3 is 2.65 bits per heavy atom. The van der Waals surface area contributed by atoms with E-state index in [0.717, 1.165) is 10.0 Å². The zero-order valence-electron chi connectivity index (χ0n) is 10.9. The molecule has 0 aliphatic rings. The van der Waals surface area contributed by atoms with Gasteiger partial charge in [-0.25, -0.2) is 4.79 Å². The normalized spacial score (nSPS) is 10.1. The van der Waals surface area contributed by atoms with E-state index in [2.05, 4.69) is 15.9 Å². The molecule has 5 heteroatoms. The molecule has 0 amide bonds. The summed E-state index contributed by atoms with van der Waals surface area (Å²) in [6.45, 7) is 0.177. The lowest BCUT2D eigenvalue weighted by atomic mass is 10.1. The largest absolute Gasteiger partial charge is 0.495 e. The highest BCUT2D eigenvalue weighted by atomic mass is 79.9. The molecular weight excluding hydrogens is 322 g/mol. The van der Waals surface area contributed by atoms with Crippen LogP contribution < -0.4 is 10.5 Å². The summed E-state index contributed by atoms with van der Waals surface area (Å²) in [5.41, 5.74) is 7.34. The van der Waals surface area contributed by atoms with Crippen LogP contribution >= 0.6 is 15.9 Å². The third-order valence-electron chi connectivity index (χ3n) is 2.82. The molecule has 0 saturated carbocycles. The number of halogens is 1. The number of rotatable bonds is 4. The van der Waals surface area contributed by atoms with Gasteiger partial charge < -0.3 is 15.2 Å². The predicted molar refractivity (Wildman–Crippen MR) is 80.7 cm³/mol. The number of nitrogen functional groups attached to an aromatic ring is 1. The van der Waals surface area contributed by atoms with Crippen LogP contribution in [0, 0.1) is 0 Å². The molecule has 0 aromatic heterocycles. The highest BCUT2D eigenvalue weighted by molar-refractivity contribution is 9.10. The average Bonchev–Trinajstić information content (AvgIpc) is 2.46. The van der Waals surface area contributed by atoms with E-state index in [0.29, 0.717) is 11.3 Å². The van der Waals surface area contributed by atoms with E-state index in [9.17, 15) is 4.79 Å². The van der Waals surface area contributed by atoms with Crippen LogP contribution in [0.1, 0.15) is 15.9 Å². The Labute approximate surface area is 125 Å². The number of anilines is 1. The summed E-state index contributed by atoms with van der Waals surface area (Å²) in [7, 11) is 1.50. The van der Waals surface area contributed by atoms with Crippen LogP contribution in [0.4, 0.5) is 5.69 Å². The van der Waals surface area contributed by atoms with Gasteiger partial charge in [-0.15, -0.1) is 0 Å². The molecule has 2 aromatic rings. The van der Waals surface area contributed by atoms with Crippen molar-refractivity contribution in [1.29, 1.82) is 0 Å². The Hall–Kier alpha value is -2.01. The minimum atomic E-state index is -0.475. The number of hydrogen-bond donors (Lipinski definition) is 1. The van der Waals surface area contributed by atoms with Gasteiger partial charge in [0.1, 0.15) is 12.4 Å². The number of para-hydroxylation sites is 1. The quantitative estimate of drug-likeness (QED) is 0.687. The molecule has 0 fully saturated rings. The molecule has 0 radical (unpaired) electrons. The van der Waals surface area contributed by atoms with Crippen molar-refractivity contribution in [2.45, 2.75) is 6.61 Å². The first-order chi connectivity index (χ1) is 9.63. The van der Waals surface area contributed by atoms with E-state index in [1.54, 1.807) is 18.2 Å². The molecule has 2 aromatic carbocycles. The second kappa shape index (κ2) is 6.43. The Morgan fingerprint density at radius 2 is 1.95 bits per heavy atom. The van der Waals surface area contributed by atoms with Crippen molar-refractivity contribution in [1.82, 2.24) is 0 Å². The number of carbonyl (C=O) groups excluding carboxylic acids is 1. The molecule has 0 bridgehead atoms. The van der Waals surface area contributed by atoms with Crippen LogP contribution in [-0.4, -0.2) is 13.1 Å². The zero-order valence-corrected chi connectivity index (χ0v) is 12.5. The predicted octanol–water partition coefficient (Wildman–Crippen LogP) is 3.40. The first kappa shape index (κ1) is 14.4. The number of hydrogen-bond acceptors (Lipinski definition) is 4. The van der Waals surface area contributed by atoms with Crippen molar-refractivity contribution < 1.29 is 14.3 Å². The summed E-state index contributed by atoms with van der Waals surface area (Å²) in [6, 6.07) is 12.6. The molecule has 0 saturated heterocycles. The molecule has 0 aliphatic carbocycles. The minimum absolute atomic E-state index is 0.177. The van der Waals surface area contributed by atoms with Gasteiger partial charge in [-0.3, -0.25) is 0 Å². The summed E-state index contributed by atoms with van der Waals surface area (Å²) in [5, 5.41) is 0. The van der Waals surface area contributed by atoms with E-state index in [1.807, 2.05) is 24.3 Å². The number of benzene rings is 2. The third-order valence-corrected chi connectivity index (χ3v) is 3.60. The van der Waals surface area contributed by atoms with E-state index in [4.69, 9.17) is 15.2 Å². The first-order valence-corrected chi connectivity index (χ1v) is 6.75. The van der Waals surface area contributed by atoms with Gasteiger partial charge in [0.05, 0.1) is 18.4 Å². The lowest BCUT2D eigenvalue weighted by Crippen LogP contribution is -2.09. The van der Waals surface area contributed by atoms with Gasteiger partial charge in [0, 0.05) is 10.0 Å². The van der Waals surface area contributed by atoms with Gasteiger partial charge in [-0.05, 0) is 18.2 Å². The third kappa shape index (κ3) is 3.11. The van der Waals surface area contributed by atoms with Crippen LogP contribution in [0.5, 0.6) is 5.75 Å². The zero-order chi connectivity index (χ0) is 14.5. The first-order valence-electron chi connectivity index (χ1n) is 5.96. The molecule has 0 atom stereocenters. The smallest absolute Gasteiger partial charge is 0.340 e. The van der Waals surface area contributed by atoms with Crippen molar-refractivity contribution in [3.05, 3.63) is 58.1 Å². The summed E-state index contributed by atoms with van der Waals surface area (Å²) >= 11 is 3.40. The fraction of sp³-hybridized carbons (Fsp3) is 0.133. The van der Waals surface area contributed by atoms with E-state index < -0.39 is 5.97 Å². The molecule has 0 aliphatic heterocycles. The van der Waals surface area contributed by atoms with Crippen LogP contribution in [0.25, 0.3) is 0 Å². The van der Waals surface area contributed by atoms with Gasteiger partial charge in [0.2, 0.25) is 0 Å². The average molecular weight is 336 g/mol. The molecule has 2 rings (SSSR count). The van der Waals surface area contributed by atoms with Crippen molar-refractivity contribution in [2.75, 3.05) is 12.8 Å². The molecular formula is C15H14BrNO3. The number of esters is 1. The Bertz CT molecular complexity index is 628. The SMILES string of the molecule is COc1cccc(C(=O)OCc2ccccc2Br)c1N. The maximum absolute atomic E-state index is 12.0. The molecule has 20 heavy (non-hydrogen) atoms. The van der Waals surface area contributed by atoms with Crippen molar-refractivity contribution in [2.24, 2.45) is 0 Å². The van der Waals surface area contributed by atoms with Crippen LogP contribution in [0.2, 0.25) is 0 Å². The summed E-state index contributed by atoms with van der Waals surface area (Å²) < 4.78 is 11.2. The van der Waals surface area contributed by atoms with Gasteiger partial charge in [-0.2, -0.15) is 0 Å². The number of nitrogens with two attached hydrogens (primary N) is 1. The van der Waals surface area contributed by atoms with Gasteiger partial charge in [0.15, 0.2) is 0 Å². The van der Waals surface area contributed by atoms with Gasteiger partial charge >= 0.3 is 5.97 Å². The molecule has 0 unspecified atom stereocenters. The van der Waals surface area contributed by atoms with E-state index in [-0.39, 0.29) is 12.3 Å². The van der Waals surface area contributed by atoms with E-state index in [1.165, 1.54) is 7.11 Å². The monoisotopic (exact) mass is 335 g/mol. The maximum Gasteiger partial charge on any atom is 0.340 e. The van der Waals surface area contributed by atoms with Crippen molar-refractivity contribution in [3.8, 4) is 5.75 Å². The highest BCUT2D eigenvalue weighted by Crippen LogP contribution is 2.26. The van der Waals surface area contributed by atoms with Crippen molar-refractivity contribution >= 4 is 27.6 Å². The lowest BCUT2D eigenvalue weighted by Gasteiger charge is -2.10. The van der Waals surface area contributed by atoms with Gasteiger partial charge in [-0.1, -0.05) is 40.2 Å². The highest BCUT2D eigenvalue weighted by Gasteiger charge is 2.14. The van der Waals surface area contributed by atoms with Crippen molar-refractivity contribution in [3.63, 3.8) is 0 Å². The summed E-state index contributed by atoms with van der Waals surface area (Å²) in [6.07, 6.45) is 0. The lowest BCUT2D eigenvalue weighted by molar-refractivity contribution is 0.0473. The summed E-state index contributed by atoms with van der Waals surface area (Å²) in [5.74, 6) is -0.0162. The van der Waals surface area contributed by atoms with Crippen LogP contribution in [0.3, 0.4) is 0 Å². The second-order valence-electron chi connectivity index (χ2n) is 4.09. The Morgan fingerprint density at radius 1 is 1.20 bits per heavy atom. The fourth-order valence-electron chi connectivity index (χ4n) is 1.74. The van der Waals surface area contributed by atoms with Gasteiger partial charge in [0.25, 0.3) is 0 Å². The maximum atomic E-state index is 12.0. The van der Waals surface area contributed by atoms with E-state index >= 15 is 0 Å². The van der Waals surface area contributed by atoms with Crippen LogP contribution in [0.15, 0.2) is 46.9 Å². The second-order valence-corrected chi connectivity index (χ2v) is 4.94. The number of carbonyl (C=O) groups is 1. The minimum Gasteiger partial charge on any atom is -0.495 e. The summed E-state index contributed by atoms with van der Waals surface area (Å²) in [4.78, 5) is 12.0. The number of methoxy groups -OCH3 is 1. The fourth-order valence-corrected chi connectivity index (χ4v) is 2.14. The Kier molecular flexibility index (Phi) is 4.63. The Balaban J connectivity index is 2.12. The molecule has 0 heterocycles. The molecule has 4 nitrogen and oxygen atoms in total. The molecule has 104 valence electrons. The topological polar surface area (TPSA) is 61.5 Å². The van der Waals surface area contributed by atoms with Crippen LogP contribution in [-0.2, 0) is 11.3 Å². The standard InChI is InChI=1S/C15H14BrNO3/c1-19-13-8-4-6-11(14(13)17)15(18)20-9-10-5-2-3-7-12(10)16/h2-8H,9,17H2,1H3. The molecule has 0 spiro atoms. The molecule has 2 N–H and O–H groups in total. The number of ether oxygens (including phenoxy) is 2.